The van der Waals surface area contributed by atoms with Gasteiger partial charge in [0.2, 0.25) is 11.0 Å². The summed E-state index contributed by atoms with van der Waals surface area (Å²) in [7, 11) is -4.04. The van der Waals surface area contributed by atoms with Crippen LogP contribution in [0.25, 0.3) is 0 Å². The topological polar surface area (TPSA) is 101 Å². The van der Waals surface area contributed by atoms with E-state index in [1.165, 1.54) is 35.2 Å². The molecule has 0 aliphatic carbocycles. The summed E-state index contributed by atoms with van der Waals surface area (Å²) in [4.78, 5) is 13.0. The van der Waals surface area contributed by atoms with Gasteiger partial charge in [0.25, 0.3) is 10.0 Å². The molecule has 0 unspecified atom stereocenters. The molecule has 186 valence electrons. The highest BCUT2D eigenvalue weighted by Crippen LogP contribution is 2.29. The highest BCUT2D eigenvalue weighted by molar-refractivity contribution is 8.01. The molecule has 4 rings (SSSR count). The maximum atomic E-state index is 13.6. The van der Waals surface area contributed by atoms with Gasteiger partial charge in [0.1, 0.15) is 18.0 Å². The number of hydrogen-bond donors (Lipinski definition) is 1. The van der Waals surface area contributed by atoms with Crippen molar-refractivity contribution in [2.45, 2.75) is 23.1 Å². The number of carbonyl (C=O) groups is 1. The predicted octanol–water partition coefficient (Wildman–Crippen LogP) is 5.58. The first kappa shape index (κ1) is 25.7. The second kappa shape index (κ2) is 11.5. The summed E-state index contributed by atoms with van der Waals surface area (Å²) < 4.78 is 34.8. The van der Waals surface area contributed by atoms with E-state index in [0.717, 1.165) is 20.0 Å². The Balaban J connectivity index is 1.59. The molecule has 0 saturated heterocycles. The molecule has 1 amide bonds. The first-order chi connectivity index (χ1) is 17.3. The zero-order chi connectivity index (χ0) is 25.5. The number of rotatable bonds is 10. The summed E-state index contributed by atoms with van der Waals surface area (Å²) in [5.41, 5.74) is 1.25. The van der Waals surface area contributed by atoms with E-state index in [0.29, 0.717) is 22.3 Å². The zero-order valence-electron chi connectivity index (χ0n) is 19.6. The van der Waals surface area contributed by atoms with Crippen molar-refractivity contribution in [3.05, 3.63) is 84.4 Å². The highest BCUT2D eigenvalue weighted by Gasteiger charge is 2.27. The molecule has 0 spiro atoms. The molecule has 0 fully saturated rings. The van der Waals surface area contributed by atoms with E-state index in [-0.39, 0.29) is 4.90 Å². The maximum absolute atomic E-state index is 13.6. The summed E-state index contributed by atoms with van der Waals surface area (Å²) in [6.07, 6.45) is 0. The van der Waals surface area contributed by atoms with Gasteiger partial charge in [-0.3, -0.25) is 14.4 Å². The lowest BCUT2D eigenvalue weighted by Crippen LogP contribution is -2.38. The quantitative estimate of drug-likeness (QED) is 0.207. The number of ether oxygens (including phenoxy) is 1. The van der Waals surface area contributed by atoms with Gasteiger partial charge in [0.15, 0.2) is 4.34 Å². The molecule has 1 aromatic heterocycles. The molecule has 0 saturated carbocycles. The van der Waals surface area contributed by atoms with Crippen molar-refractivity contribution in [3.8, 4) is 11.5 Å². The van der Waals surface area contributed by atoms with Crippen LogP contribution >= 0.6 is 23.1 Å². The first-order valence-electron chi connectivity index (χ1n) is 11.0. The molecule has 0 bridgehead atoms. The second-order valence-electron chi connectivity index (χ2n) is 7.59. The number of anilines is 2. The Bertz CT molecular complexity index is 1410. The van der Waals surface area contributed by atoms with Crippen LogP contribution in [0, 0.1) is 6.92 Å². The molecule has 36 heavy (non-hydrogen) atoms. The predicted molar refractivity (Wildman–Crippen MR) is 144 cm³/mol. The van der Waals surface area contributed by atoms with Crippen molar-refractivity contribution in [1.29, 1.82) is 0 Å². The number of hydrogen-bond acceptors (Lipinski definition) is 8. The SMILES string of the molecule is CCSc1nnc(NC(=O)CN(c2ccc(Oc3ccccc3)cc2)S(=O)(=O)c2ccc(C)cc2)s1. The molecule has 0 aliphatic rings. The number of carbonyl (C=O) groups excluding carboxylic acids is 1. The zero-order valence-corrected chi connectivity index (χ0v) is 22.1. The van der Waals surface area contributed by atoms with Crippen LogP contribution in [-0.2, 0) is 14.8 Å². The van der Waals surface area contributed by atoms with E-state index in [1.807, 2.05) is 44.2 Å². The Hall–Kier alpha value is -3.41. The molecule has 1 N–H and O–H groups in total. The number of nitrogens with one attached hydrogen (secondary N) is 1. The number of benzene rings is 3. The lowest BCUT2D eigenvalue weighted by molar-refractivity contribution is -0.114. The lowest BCUT2D eigenvalue weighted by atomic mass is 10.2. The number of nitrogens with zero attached hydrogens (tertiary/aromatic N) is 3. The molecule has 0 aliphatic heterocycles. The first-order valence-corrected chi connectivity index (χ1v) is 14.3. The molecule has 0 radical (unpaired) electrons. The van der Waals surface area contributed by atoms with E-state index >= 15 is 0 Å². The largest absolute Gasteiger partial charge is 0.457 e. The van der Waals surface area contributed by atoms with E-state index in [9.17, 15) is 13.2 Å². The molecular formula is C25H24N4O4S3. The maximum Gasteiger partial charge on any atom is 0.264 e. The van der Waals surface area contributed by atoms with Crippen molar-refractivity contribution < 1.29 is 17.9 Å². The van der Waals surface area contributed by atoms with Crippen LogP contribution in [0.3, 0.4) is 0 Å². The molecule has 0 atom stereocenters. The fourth-order valence-corrected chi connectivity index (χ4v) is 6.28. The average Bonchev–Trinajstić information content (AvgIpc) is 3.31. The second-order valence-corrected chi connectivity index (χ2v) is 11.9. The van der Waals surface area contributed by atoms with Crippen LogP contribution in [0.1, 0.15) is 12.5 Å². The fourth-order valence-electron chi connectivity index (χ4n) is 3.19. The molecular weight excluding hydrogens is 517 g/mol. The van der Waals surface area contributed by atoms with Crippen molar-refractivity contribution in [3.63, 3.8) is 0 Å². The van der Waals surface area contributed by atoms with Gasteiger partial charge in [0.05, 0.1) is 10.6 Å². The Labute approximate surface area is 218 Å². The average molecular weight is 541 g/mol. The number of amides is 1. The van der Waals surface area contributed by atoms with E-state index < -0.39 is 22.5 Å². The standard InChI is InChI=1S/C25H24N4O4S3/c1-3-34-25-28-27-24(35-25)26-23(30)17-29(36(31,32)22-15-9-18(2)10-16-22)19-11-13-21(14-12-19)33-20-7-5-4-6-8-20/h4-16H,3,17H2,1-2H3,(H,26,27,30). The number of sulfonamides is 1. The van der Waals surface area contributed by atoms with Crippen molar-refractivity contribution in [2.75, 3.05) is 21.9 Å². The van der Waals surface area contributed by atoms with Crippen LogP contribution in [0.4, 0.5) is 10.8 Å². The van der Waals surface area contributed by atoms with Gasteiger partial charge >= 0.3 is 0 Å². The van der Waals surface area contributed by atoms with Crippen molar-refractivity contribution in [1.82, 2.24) is 10.2 Å². The summed E-state index contributed by atoms with van der Waals surface area (Å²) in [5.74, 6) is 1.50. The molecule has 11 heteroatoms. The summed E-state index contributed by atoms with van der Waals surface area (Å²) in [6, 6.07) is 22.3. The smallest absolute Gasteiger partial charge is 0.264 e. The van der Waals surface area contributed by atoms with Crippen LogP contribution in [0.15, 0.2) is 88.1 Å². The number of aryl methyl sites for hydroxylation is 1. The lowest BCUT2D eigenvalue weighted by Gasteiger charge is -2.24. The van der Waals surface area contributed by atoms with Crippen LogP contribution in [0.2, 0.25) is 0 Å². The third kappa shape index (κ3) is 6.42. The number of para-hydroxylation sites is 1. The minimum atomic E-state index is -4.04. The summed E-state index contributed by atoms with van der Waals surface area (Å²) in [5, 5.41) is 11.0. The minimum Gasteiger partial charge on any atom is -0.457 e. The van der Waals surface area contributed by atoms with Gasteiger partial charge in [-0.15, -0.1) is 10.2 Å². The van der Waals surface area contributed by atoms with E-state index in [2.05, 4.69) is 15.5 Å². The van der Waals surface area contributed by atoms with E-state index in [4.69, 9.17) is 4.74 Å². The van der Waals surface area contributed by atoms with Crippen LogP contribution in [0.5, 0.6) is 11.5 Å². The van der Waals surface area contributed by atoms with Gasteiger partial charge in [-0.2, -0.15) is 0 Å². The molecule has 4 aromatic rings. The Morgan fingerprint density at radius 2 is 1.64 bits per heavy atom. The van der Waals surface area contributed by atoms with Gasteiger partial charge in [-0.05, 0) is 61.2 Å². The fraction of sp³-hybridized carbons (Fsp3) is 0.160. The minimum absolute atomic E-state index is 0.0862. The van der Waals surface area contributed by atoms with Gasteiger partial charge in [-0.25, -0.2) is 8.42 Å². The highest BCUT2D eigenvalue weighted by atomic mass is 32.2. The number of thioether (sulfide) groups is 1. The normalized spacial score (nSPS) is 11.2. The van der Waals surface area contributed by atoms with Crippen LogP contribution < -0.4 is 14.4 Å². The molecule has 3 aromatic carbocycles. The summed E-state index contributed by atoms with van der Waals surface area (Å²) >= 11 is 2.76. The third-order valence-electron chi connectivity index (χ3n) is 4.92. The molecule has 1 heterocycles. The van der Waals surface area contributed by atoms with Gasteiger partial charge in [-0.1, -0.05) is 65.9 Å². The van der Waals surface area contributed by atoms with Gasteiger partial charge in [0, 0.05) is 0 Å². The van der Waals surface area contributed by atoms with Crippen LogP contribution in [-0.4, -0.2) is 36.8 Å². The monoisotopic (exact) mass is 540 g/mol. The van der Waals surface area contributed by atoms with Crippen molar-refractivity contribution in [2.24, 2.45) is 0 Å². The van der Waals surface area contributed by atoms with E-state index in [1.54, 1.807) is 36.4 Å². The summed E-state index contributed by atoms with van der Waals surface area (Å²) in [6.45, 7) is 3.43. The van der Waals surface area contributed by atoms with Crippen molar-refractivity contribution >= 4 is 49.8 Å². The third-order valence-corrected chi connectivity index (χ3v) is 8.56. The Morgan fingerprint density at radius 3 is 2.31 bits per heavy atom. The number of aromatic nitrogens is 2. The molecule has 8 nitrogen and oxygen atoms in total. The van der Waals surface area contributed by atoms with Gasteiger partial charge < -0.3 is 4.74 Å². The Morgan fingerprint density at radius 1 is 0.972 bits per heavy atom. The Kier molecular flexibility index (Phi) is 8.24.